The van der Waals surface area contributed by atoms with Crippen LogP contribution in [0.1, 0.15) is 24.1 Å². The fraction of sp³-hybridized carbons (Fsp3) is 0.545. The van der Waals surface area contributed by atoms with E-state index in [1.54, 1.807) is 11.0 Å². The summed E-state index contributed by atoms with van der Waals surface area (Å²) in [7, 11) is 1.86. The minimum absolute atomic E-state index is 0.654. The molecule has 0 saturated carbocycles. The Morgan fingerprint density at radius 3 is 2.72 bits per heavy atom. The summed E-state index contributed by atoms with van der Waals surface area (Å²) in [5.41, 5.74) is 2.18. The van der Waals surface area contributed by atoms with Gasteiger partial charge in [-0.1, -0.05) is 0 Å². The zero-order chi connectivity index (χ0) is 13.1. The second-order valence-corrected chi connectivity index (χ2v) is 4.89. The summed E-state index contributed by atoms with van der Waals surface area (Å²) in [4.78, 5) is 4.17. The molecule has 0 aliphatic rings. The SMILES string of the molecule is CCn1nc(C)c(Br)c1CNCc1ncn(C)n1. The first-order chi connectivity index (χ1) is 8.61. The van der Waals surface area contributed by atoms with E-state index < -0.39 is 0 Å². The minimum Gasteiger partial charge on any atom is -0.304 e. The van der Waals surface area contributed by atoms with Crippen molar-refractivity contribution in [1.29, 1.82) is 0 Å². The Bertz CT molecular complexity index is 530. The van der Waals surface area contributed by atoms with Gasteiger partial charge in [-0.2, -0.15) is 10.2 Å². The van der Waals surface area contributed by atoms with Crippen LogP contribution in [0.5, 0.6) is 0 Å². The number of aryl methyl sites for hydroxylation is 3. The predicted octanol–water partition coefficient (Wildman–Crippen LogP) is 1.39. The number of hydrogen-bond acceptors (Lipinski definition) is 4. The molecule has 0 radical (unpaired) electrons. The van der Waals surface area contributed by atoms with Crippen LogP contribution in [-0.4, -0.2) is 24.5 Å². The first kappa shape index (κ1) is 13.2. The second-order valence-electron chi connectivity index (χ2n) is 4.10. The van der Waals surface area contributed by atoms with Crippen LogP contribution in [0.4, 0.5) is 0 Å². The van der Waals surface area contributed by atoms with Gasteiger partial charge in [0, 0.05) is 20.1 Å². The molecule has 2 aromatic rings. The monoisotopic (exact) mass is 312 g/mol. The molecule has 0 aliphatic carbocycles. The molecule has 0 amide bonds. The highest BCUT2D eigenvalue weighted by molar-refractivity contribution is 9.10. The summed E-state index contributed by atoms with van der Waals surface area (Å²) in [6, 6.07) is 0. The van der Waals surface area contributed by atoms with Crippen LogP contribution in [0.25, 0.3) is 0 Å². The number of aromatic nitrogens is 5. The van der Waals surface area contributed by atoms with Crippen LogP contribution < -0.4 is 5.32 Å². The predicted molar refractivity (Wildman–Crippen MR) is 71.9 cm³/mol. The van der Waals surface area contributed by atoms with Crippen LogP contribution in [0, 0.1) is 6.92 Å². The van der Waals surface area contributed by atoms with Gasteiger partial charge in [0.25, 0.3) is 0 Å². The maximum atomic E-state index is 4.45. The first-order valence-corrected chi connectivity index (χ1v) is 6.68. The largest absolute Gasteiger partial charge is 0.304 e. The van der Waals surface area contributed by atoms with Crippen molar-refractivity contribution in [3.8, 4) is 0 Å². The summed E-state index contributed by atoms with van der Waals surface area (Å²) in [5.74, 6) is 0.799. The van der Waals surface area contributed by atoms with Crippen molar-refractivity contribution < 1.29 is 0 Å². The van der Waals surface area contributed by atoms with Crippen LogP contribution in [-0.2, 0) is 26.7 Å². The van der Waals surface area contributed by atoms with Gasteiger partial charge in [-0.05, 0) is 29.8 Å². The van der Waals surface area contributed by atoms with E-state index in [0.29, 0.717) is 6.54 Å². The molecule has 2 aromatic heterocycles. The Hall–Kier alpha value is -1.21. The Balaban J connectivity index is 1.98. The number of rotatable bonds is 5. The molecule has 0 saturated heterocycles. The van der Waals surface area contributed by atoms with E-state index in [4.69, 9.17) is 0 Å². The molecular formula is C11H17BrN6. The summed E-state index contributed by atoms with van der Waals surface area (Å²) in [6.45, 7) is 6.35. The van der Waals surface area contributed by atoms with Crippen LogP contribution in [0.15, 0.2) is 10.8 Å². The van der Waals surface area contributed by atoms with E-state index in [-0.39, 0.29) is 0 Å². The molecular weight excluding hydrogens is 296 g/mol. The zero-order valence-corrected chi connectivity index (χ0v) is 12.4. The summed E-state index contributed by atoms with van der Waals surface area (Å²) >= 11 is 3.57. The van der Waals surface area contributed by atoms with Gasteiger partial charge in [-0.3, -0.25) is 9.36 Å². The molecule has 2 rings (SSSR count). The summed E-state index contributed by atoms with van der Waals surface area (Å²) < 4.78 is 4.77. The Labute approximate surface area is 115 Å². The van der Waals surface area contributed by atoms with E-state index in [1.165, 1.54) is 0 Å². The molecule has 98 valence electrons. The van der Waals surface area contributed by atoms with Crippen LogP contribution in [0.2, 0.25) is 0 Å². The fourth-order valence-electron chi connectivity index (χ4n) is 1.80. The molecule has 0 spiro atoms. The highest BCUT2D eigenvalue weighted by Crippen LogP contribution is 2.20. The van der Waals surface area contributed by atoms with Crippen LogP contribution >= 0.6 is 15.9 Å². The van der Waals surface area contributed by atoms with Crippen molar-refractivity contribution in [2.45, 2.75) is 33.5 Å². The Kier molecular flexibility index (Phi) is 4.13. The highest BCUT2D eigenvalue weighted by atomic mass is 79.9. The molecule has 0 unspecified atom stereocenters. The number of nitrogens with zero attached hydrogens (tertiary/aromatic N) is 5. The van der Waals surface area contributed by atoms with Crippen molar-refractivity contribution in [3.63, 3.8) is 0 Å². The number of halogens is 1. The molecule has 1 N–H and O–H groups in total. The lowest BCUT2D eigenvalue weighted by Gasteiger charge is -2.06. The number of nitrogens with one attached hydrogen (secondary N) is 1. The standard InChI is InChI=1S/C11H17BrN6/c1-4-18-9(11(12)8(2)15-18)5-13-6-10-14-7-17(3)16-10/h7,13H,4-6H2,1-3H3. The van der Waals surface area contributed by atoms with Gasteiger partial charge in [-0.15, -0.1) is 0 Å². The average Bonchev–Trinajstić information content (AvgIpc) is 2.87. The summed E-state index contributed by atoms with van der Waals surface area (Å²) in [5, 5.41) is 12.0. The molecule has 0 atom stereocenters. The molecule has 2 heterocycles. The third-order valence-electron chi connectivity index (χ3n) is 2.68. The van der Waals surface area contributed by atoms with E-state index in [1.807, 2.05) is 18.7 Å². The molecule has 7 heteroatoms. The van der Waals surface area contributed by atoms with Gasteiger partial charge in [-0.25, -0.2) is 4.98 Å². The maximum absolute atomic E-state index is 4.45. The lowest BCUT2D eigenvalue weighted by atomic mass is 10.3. The van der Waals surface area contributed by atoms with Crippen molar-refractivity contribution in [2.24, 2.45) is 7.05 Å². The van der Waals surface area contributed by atoms with Crippen LogP contribution in [0.3, 0.4) is 0 Å². The lowest BCUT2D eigenvalue weighted by Crippen LogP contribution is -2.17. The molecule has 6 nitrogen and oxygen atoms in total. The molecule has 0 fully saturated rings. The smallest absolute Gasteiger partial charge is 0.164 e. The van der Waals surface area contributed by atoms with Gasteiger partial charge in [0.15, 0.2) is 5.82 Å². The zero-order valence-electron chi connectivity index (χ0n) is 10.8. The third kappa shape index (κ3) is 2.78. The first-order valence-electron chi connectivity index (χ1n) is 5.88. The van der Waals surface area contributed by atoms with E-state index >= 15 is 0 Å². The van der Waals surface area contributed by atoms with E-state index in [9.17, 15) is 0 Å². The fourth-order valence-corrected chi connectivity index (χ4v) is 2.22. The van der Waals surface area contributed by atoms with E-state index in [0.717, 1.165) is 34.8 Å². The maximum Gasteiger partial charge on any atom is 0.164 e. The molecule has 0 aromatic carbocycles. The van der Waals surface area contributed by atoms with Crippen molar-refractivity contribution in [1.82, 2.24) is 29.9 Å². The topological polar surface area (TPSA) is 60.6 Å². The third-order valence-corrected chi connectivity index (χ3v) is 3.71. The number of hydrogen-bond donors (Lipinski definition) is 1. The van der Waals surface area contributed by atoms with Gasteiger partial charge < -0.3 is 5.32 Å². The molecule has 18 heavy (non-hydrogen) atoms. The van der Waals surface area contributed by atoms with Gasteiger partial charge >= 0.3 is 0 Å². The minimum atomic E-state index is 0.654. The Morgan fingerprint density at radius 1 is 1.33 bits per heavy atom. The van der Waals surface area contributed by atoms with Crippen molar-refractivity contribution >= 4 is 15.9 Å². The van der Waals surface area contributed by atoms with Crippen molar-refractivity contribution in [3.05, 3.63) is 28.0 Å². The molecule has 0 aliphatic heterocycles. The second kappa shape index (κ2) is 5.62. The van der Waals surface area contributed by atoms with Gasteiger partial charge in [0.1, 0.15) is 6.33 Å². The quantitative estimate of drug-likeness (QED) is 0.906. The molecule has 0 bridgehead atoms. The average molecular weight is 313 g/mol. The highest BCUT2D eigenvalue weighted by Gasteiger charge is 2.11. The van der Waals surface area contributed by atoms with Gasteiger partial charge in [0.05, 0.1) is 22.4 Å². The van der Waals surface area contributed by atoms with Gasteiger partial charge in [0.2, 0.25) is 0 Å². The summed E-state index contributed by atoms with van der Waals surface area (Å²) in [6.07, 6.45) is 1.70. The Morgan fingerprint density at radius 2 is 2.11 bits per heavy atom. The normalized spacial score (nSPS) is 11.1. The van der Waals surface area contributed by atoms with Crippen molar-refractivity contribution in [2.75, 3.05) is 0 Å². The van der Waals surface area contributed by atoms with E-state index in [2.05, 4.69) is 43.4 Å². The lowest BCUT2D eigenvalue weighted by molar-refractivity contribution is 0.569.